The Morgan fingerprint density at radius 2 is 1.71 bits per heavy atom. The predicted molar refractivity (Wildman–Crippen MR) is 104 cm³/mol. The molecule has 0 radical (unpaired) electrons. The highest BCUT2D eigenvalue weighted by atomic mass is 19.1. The second-order valence-corrected chi connectivity index (χ2v) is 6.39. The Morgan fingerprint density at radius 1 is 1.04 bits per heavy atom. The quantitative estimate of drug-likeness (QED) is 0.748. The van der Waals surface area contributed by atoms with Gasteiger partial charge in [-0.2, -0.15) is 10.5 Å². The molecule has 6 heteroatoms. The number of hydrogen-bond donors (Lipinski definition) is 2. The third kappa shape index (κ3) is 4.63. The maximum Gasteiger partial charge on any atom is 0.158 e. The largest absolute Gasteiger partial charge is 0.358 e. The van der Waals surface area contributed by atoms with Crippen LogP contribution < -0.4 is 10.6 Å². The Labute approximate surface area is 162 Å². The lowest BCUT2D eigenvalue weighted by Gasteiger charge is -2.24. The molecule has 0 spiro atoms. The summed E-state index contributed by atoms with van der Waals surface area (Å²) in [5.74, 6) is -0.323. The molecule has 138 valence electrons. The molecule has 2 aromatic rings. The smallest absolute Gasteiger partial charge is 0.158 e. The van der Waals surface area contributed by atoms with Crippen molar-refractivity contribution in [2.45, 2.75) is 18.8 Å². The Hall–Kier alpha value is -3.90. The van der Waals surface area contributed by atoms with E-state index in [-0.39, 0.29) is 23.1 Å². The molecule has 0 fully saturated rings. The van der Waals surface area contributed by atoms with Crippen molar-refractivity contribution in [3.8, 4) is 12.1 Å². The van der Waals surface area contributed by atoms with Gasteiger partial charge in [-0.1, -0.05) is 24.3 Å². The molecule has 0 aromatic heterocycles. The van der Waals surface area contributed by atoms with Gasteiger partial charge in [0.15, 0.2) is 5.78 Å². The fraction of sp³-hybridized carbons (Fsp3) is 0.136. The van der Waals surface area contributed by atoms with Crippen molar-refractivity contribution in [2.75, 3.05) is 10.6 Å². The van der Waals surface area contributed by atoms with Gasteiger partial charge in [-0.05, 0) is 42.2 Å². The highest BCUT2D eigenvalue weighted by molar-refractivity contribution is 5.93. The summed E-state index contributed by atoms with van der Waals surface area (Å²) in [6.07, 6.45) is 3.92. The number of benzene rings is 2. The van der Waals surface area contributed by atoms with E-state index in [9.17, 15) is 9.18 Å². The highest BCUT2D eigenvalue weighted by Crippen LogP contribution is 2.33. The number of carbonyl (C=O) groups is 1. The Balaban J connectivity index is 1.79. The second kappa shape index (κ2) is 8.66. The van der Waals surface area contributed by atoms with Crippen molar-refractivity contribution in [3.05, 3.63) is 83.5 Å². The molecule has 5 nitrogen and oxygen atoms in total. The molecule has 0 bridgehead atoms. The summed E-state index contributed by atoms with van der Waals surface area (Å²) < 4.78 is 13.2. The monoisotopic (exact) mass is 372 g/mol. The van der Waals surface area contributed by atoms with E-state index in [1.54, 1.807) is 36.4 Å². The summed E-state index contributed by atoms with van der Waals surface area (Å²) in [7, 11) is 0. The molecule has 3 rings (SSSR count). The summed E-state index contributed by atoms with van der Waals surface area (Å²) in [6.45, 7) is 0. The van der Waals surface area contributed by atoms with Gasteiger partial charge in [0, 0.05) is 24.4 Å². The lowest BCUT2D eigenvalue weighted by molar-refractivity contribution is -0.115. The standard InChI is InChI=1S/C22H17FN4O/c23-18-7-5-16(6-8-18)17-9-19(11-20(28)10-17)27-22-4-2-1-3-21(22)26-14-15(12-24)13-25/h1-8,11,14,17,26-27H,9-10H2. The van der Waals surface area contributed by atoms with Crippen LogP contribution in [-0.2, 0) is 4.79 Å². The van der Waals surface area contributed by atoms with Crippen LogP contribution in [0.5, 0.6) is 0 Å². The summed E-state index contributed by atoms with van der Waals surface area (Å²) in [5.41, 5.74) is 3.02. The molecule has 1 unspecified atom stereocenters. The van der Waals surface area contributed by atoms with Crippen molar-refractivity contribution in [1.82, 2.24) is 0 Å². The number of para-hydroxylation sites is 2. The summed E-state index contributed by atoms with van der Waals surface area (Å²) in [4.78, 5) is 12.2. The van der Waals surface area contributed by atoms with Crippen LogP contribution in [0.15, 0.2) is 72.1 Å². The van der Waals surface area contributed by atoms with Crippen molar-refractivity contribution in [1.29, 1.82) is 10.5 Å². The van der Waals surface area contributed by atoms with E-state index in [2.05, 4.69) is 10.6 Å². The molecule has 0 saturated carbocycles. The molecule has 1 aliphatic rings. The Kier molecular flexibility index (Phi) is 5.84. The van der Waals surface area contributed by atoms with Crippen LogP contribution in [0, 0.1) is 28.5 Å². The van der Waals surface area contributed by atoms with Gasteiger partial charge in [0.2, 0.25) is 0 Å². The van der Waals surface area contributed by atoms with E-state index in [1.807, 2.05) is 18.2 Å². The summed E-state index contributed by atoms with van der Waals surface area (Å²) >= 11 is 0. The number of anilines is 2. The fourth-order valence-electron chi connectivity index (χ4n) is 3.08. The average Bonchev–Trinajstić information content (AvgIpc) is 2.70. The van der Waals surface area contributed by atoms with Crippen molar-refractivity contribution >= 4 is 17.2 Å². The maximum atomic E-state index is 13.2. The molecule has 0 amide bonds. The van der Waals surface area contributed by atoms with Crippen LogP contribution in [0.25, 0.3) is 0 Å². The van der Waals surface area contributed by atoms with Crippen LogP contribution in [0.4, 0.5) is 15.8 Å². The van der Waals surface area contributed by atoms with E-state index in [0.29, 0.717) is 24.2 Å². The number of hydrogen-bond acceptors (Lipinski definition) is 5. The Bertz CT molecular complexity index is 1010. The van der Waals surface area contributed by atoms with Gasteiger partial charge in [0.05, 0.1) is 11.4 Å². The zero-order valence-corrected chi connectivity index (χ0v) is 14.9. The first kappa shape index (κ1) is 18.9. The first-order valence-electron chi connectivity index (χ1n) is 8.71. The minimum Gasteiger partial charge on any atom is -0.358 e. The van der Waals surface area contributed by atoms with Crippen LogP contribution in [-0.4, -0.2) is 5.78 Å². The van der Waals surface area contributed by atoms with Crippen LogP contribution in [0.2, 0.25) is 0 Å². The second-order valence-electron chi connectivity index (χ2n) is 6.39. The minimum atomic E-state index is -0.304. The molecule has 2 aromatic carbocycles. The van der Waals surface area contributed by atoms with Gasteiger partial charge in [-0.25, -0.2) is 4.39 Å². The van der Waals surface area contributed by atoms with Gasteiger partial charge in [0.25, 0.3) is 0 Å². The van der Waals surface area contributed by atoms with E-state index < -0.39 is 0 Å². The predicted octanol–water partition coefficient (Wildman–Crippen LogP) is 4.61. The number of rotatable bonds is 5. The third-order valence-corrected chi connectivity index (χ3v) is 4.43. The third-order valence-electron chi connectivity index (χ3n) is 4.43. The van der Waals surface area contributed by atoms with Gasteiger partial charge >= 0.3 is 0 Å². The van der Waals surface area contributed by atoms with Gasteiger partial charge in [-0.15, -0.1) is 0 Å². The average molecular weight is 372 g/mol. The highest BCUT2D eigenvalue weighted by Gasteiger charge is 2.22. The zero-order valence-electron chi connectivity index (χ0n) is 14.9. The molecule has 0 heterocycles. The van der Waals surface area contributed by atoms with Crippen LogP contribution in [0.3, 0.4) is 0 Å². The minimum absolute atomic E-state index is 0.00431. The maximum absolute atomic E-state index is 13.2. The Morgan fingerprint density at radius 3 is 2.39 bits per heavy atom. The first-order valence-corrected chi connectivity index (χ1v) is 8.71. The lowest BCUT2D eigenvalue weighted by atomic mass is 9.85. The van der Waals surface area contributed by atoms with Crippen LogP contribution in [0.1, 0.15) is 24.3 Å². The number of halogens is 1. The molecule has 2 N–H and O–H groups in total. The molecule has 0 saturated heterocycles. The number of nitrogens with one attached hydrogen (secondary N) is 2. The molecule has 1 atom stereocenters. The fourth-order valence-corrected chi connectivity index (χ4v) is 3.08. The first-order chi connectivity index (χ1) is 13.6. The normalized spacial score (nSPS) is 15.6. The van der Waals surface area contributed by atoms with E-state index in [1.165, 1.54) is 18.3 Å². The molecule has 28 heavy (non-hydrogen) atoms. The van der Waals surface area contributed by atoms with Gasteiger partial charge < -0.3 is 10.6 Å². The number of nitriles is 2. The number of allylic oxidation sites excluding steroid dienone is 3. The number of nitrogens with zero attached hydrogens (tertiary/aromatic N) is 2. The summed E-state index contributed by atoms with van der Waals surface area (Å²) in [6, 6.07) is 17.1. The molecule has 1 aliphatic carbocycles. The summed E-state index contributed by atoms with van der Waals surface area (Å²) in [5, 5.41) is 23.9. The van der Waals surface area contributed by atoms with E-state index in [4.69, 9.17) is 10.5 Å². The lowest BCUT2D eigenvalue weighted by Crippen LogP contribution is -2.17. The molecular formula is C22H17FN4O. The van der Waals surface area contributed by atoms with Crippen molar-refractivity contribution < 1.29 is 9.18 Å². The van der Waals surface area contributed by atoms with Crippen LogP contribution >= 0.6 is 0 Å². The van der Waals surface area contributed by atoms with Gasteiger partial charge in [0.1, 0.15) is 23.5 Å². The number of ketones is 1. The van der Waals surface area contributed by atoms with E-state index in [0.717, 1.165) is 11.3 Å². The molecule has 0 aliphatic heterocycles. The van der Waals surface area contributed by atoms with Gasteiger partial charge in [-0.3, -0.25) is 4.79 Å². The SMILES string of the molecule is N#CC(C#N)=CNc1ccccc1NC1=CC(=O)CC(c2ccc(F)cc2)C1. The topological polar surface area (TPSA) is 88.7 Å². The number of carbonyl (C=O) groups excluding carboxylic acids is 1. The van der Waals surface area contributed by atoms with Crippen molar-refractivity contribution in [3.63, 3.8) is 0 Å². The van der Waals surface area contributed by atoms with Crippen molar-refractivity contribution in [2.24, 2.45) is 0 Å². The molecular weight excluding hydrogens is 355 g/mol. The zero-order chi connectivity index (χ0) is 19.9. The van der Waals surface area contributed by atoms with E-state index >= 15 is 0 Å².